The van der Waals surface area contributed by atoms with Crippen LogP contribution in [0.2, 0.25) is 5.02 Å². The average molecular weight is 461 g/mol. The Hall–Kier alpha value is -2.62. The zero-order valence-electron chi connectivity index (χ0n) is 16.1. The first-order valence-corrected chi connectivity index (χ1v) is 11.1. The molecule has 1 saturated heterocycles. The molecule has 2 amide bonds. The molecule has 1 N–H and O–H groups in total. The smallest absolute Gasteiger partial charge is 0.247 e. The van der Waals surface area contributed by atoms with Crippen LogP contribution >= 0.6 is 34.7 Å². The minimum absolute atomic E-state index is 0.107. The molecule has 0 spiro atoms. The monoisotopic (exact) mass is 460 g/mol. The predicted molar refractivity (Wildman–Crippen MR) is 119 cm³/mol. The summed E-state index contributed by atoms with van der Waals surface area (Å²) >= 11 is 8.73. The van der Waals surface area contributed by atoms with Crippen molar-refractivity contribution in [3.05, 3.63) is 53.1 Å². The third kappa shape index (κ3) is 4.14. The van der Waals surface area contributed by atoms with E-state index >= 15 is 0 Å². The number of methoxy groups -OCH3 is 1. The van der Waals surface area contributed by atoms with Gasteiger partial charge in [0, 0.05) is 17.1 Å². The number of hydrogen-bond donors (Lipinski definition) is 1. The highest BCUT2D eigenvalue weighted by Crippen LogP contribution is 2.38. The molecule has 1 atom stereocenters. The third-order valence-corrected chi connectivity index (χ3v) is 7.09. The molecule has 1 fully saturated rings. The number of thioether (sulfide) groups is 1. The van der Waals surface area contributed by atoms with Gasteiger partial charge in [-0.05, 0) is 48.9 Å². The molecular weight excluding hydrogens is 444 g/mol. The number of nitrogens with zero attached hydrogens (tertiary/aromatic N) is 3. The molecule has 10 heteroatoms. The van der Waals surface area contributed by atoms with Crippen molar-refractivity contribution in [2.45, 2.75) is 22.9 Å². The van der Waals surface area contributed by atoms with Gasteiger partial charge in [0.2, 0.25) is 16.9 Å². The zero-order valence-corrected chi connectivity index (χ0v) is 18.5. The molecule has 0 bridgehead atoms. The fourth-order valence-electron chi connectivity index (χ4n) is 3.01. The predicted octanol–water partition coefficient (Wildman–Crippen LogP) is 4.68. The molecule has 1 aromatic heterocycles. The number of anilines is 3. The summed E-state index contributed by atoms with van der Waals surface area (Å²) < 4.78 is 5.76. The van der Waals surface area contributed by atoms with Crippen LogP contribution in [0.1, 0.15) is 12.0 Å². The Morgan fingerprint density at radius 1 is 1.20 bits per heavy atom. The van der Waals surface area contributed by atoms with Gasteiger partial charge < -0.3 is 10.1 Å². The van der Waals surface area contributed by atoms with Crippen LogP contribution in [0.15, 0.2) is 46.8 Å². The summed E-state index contributed by atoms with van der Waals surface area (Å²) in [7, 11) is 1.61. The number of aromatic nitrogens is 2. The van der Waals surface area contributed by atoms with Gasteiger partial charge in [0.05, 0.1) is 12.8 Å². The second kappa shape index (κ2) is 8.63. The van der Waals surface area contributed by atoms with Gasteiger partial charge in [-0.2, -0.15) is 0 Å². The summed E-state index contributed by atoms with van der Waals surface area (Å²) in [6.45, 7) is 1.79. The highest BCUT2D eigenvalue weighted by molar-refractivity contribution is 8.02. The van der Waals surface area contributed by atoms with E-state index in [2.05, 4.69) is 15.5 Å². The van der Waals surface area contributed by atoms with Crippen LogP contribution in [0.4, 0.5) is 16.5 Å². The van der Waals surface area contributed by atoms with Crippen molar-refractivity contribution in [2.75, 3.05) is 17.3 Å². The number of carbonyl (C=O) groups excluding carboxylic acids is 2. The summed E-state index contributed by atoms with van der Waals surface area (Å²) in [4.78, 5) is 26.7. The molecule has 0 saturated carbocycles. The van der Waals surface area contributed by atoms with Gasteiger partial charge in [-0.25, -0.2) is 4.90 Å². The van der Waals surface area contributed by atoms with E-state index in [0.717, 1.165) is 11.4 Å². The van der Waals surface area contributed by atoms with Gasteiger partial charge in [-0.3, -0.25) is 9.59 Å². The number of imide groups is 1. The van der Waals surface area contributed by atoms with Crippen LogP contribution in [0.5, 0.6) is 5.75 Å². The fraction of sp³-hybridized carbons (Fsp3) is 0.200. The van der Waals surface area contributed by atoms with E-state index in [9.17, 15) is 9.59 Å². The molecule has 0 unspecified atom stereocenters. The summed E-state index contributed by atoms with van der Waals surface area (Å²) in [5, 5.41) is 12.0. The van der Waals surface area contributed by atoms with E-state index in [1.54, 1.807) is 32.2 Å². The maximum absolute atomic E-state index is 12.9. The van der Waals surface area contributed by atoms with Crippen LogP contribution in [0.25, 0.3) is 0 Å². The lowest BCUT2D eigenvalue weighted by Gasteiger charge is -2.17. The van der Waals surface area contributed by atoms with Crippen LogP contribution in [-0.4, -0.2) is 34.4 Å². The number of ether oxygens (including phenoxy) is 1. The van der Waals surface area contributed by atoms with Gasteiger partial charge in [-0.15, -0.1) is 10.2 Å². The number of rotatable bonds is 6. The molecule has 7 nitrogen and oxygen atoms in total. The minimum atomic E-state index is -0.544. The summed E-state index contributed by atoms with van der Waals surface area (Å²) in [6, 6.07) is 12.6. The molecule has 1 aliphatic heterocycles. The normalized spacial score (nSPS) is 16.2. The van der Waals surface area contributed by atoms with E-state index in [0.29, 0.717) is 25.7 Å². The number of amides is 2. The van der Waals surface area contributed by atoms with Crippen LogP contribution in [-0.2, 0) is 9.59 Å². The number of carbonyl (C=O) groups is 2. The molecule has 3 aromatic rings. The van der Waals surface area contributed by atoms with Gasteiger partial charge in [0.1, 0.15) is 11.0 Å². The summed E-state index contributed by atoms with van der Waals surface area (Å²) in [5.41, 5.74) is 2.08. The third-order valence-electron chi connectivity index (χ3n) is 4.58. The maximum atomic E-state index is 12.9. The standard InChI is InChI=1S/C20H17ClN4O3S2/c1-11-14(21)4-3-5-15(11)25-17(26)10-16(18(25)27)29-20-24-23-19(30-20)22-12-6-8-13(28-2)9-7-12/h3-9,16H,10H2,1-2H3,(H,22,23)/t16-/m1/s1. The van der Waals surface area contributed by atoms with Crippen LogP contribution < -0.4 is 15.0 Å². The molecule has 4 rings (SSSR count). The van der Waals surface area contributed by atoms with Crippen LogP contribution in [0, 0.1) is 6.92 Å². The van der Waals surface area contributed by atoms with Crippen molar-refractivity contribution in [1.82, 2.24) is 10.2 Å². The van der Waals surface area contributed by atoms with Crippen molar-refractivity contribution >= 4 is 63.0 Å². The number of hydrogen-bond acceptors (Lipinski definition) is 8. The maximum Gasteiger partial charge on any atom is 0.247 e. The molecule has 1 aliphatic rings. The van der Waals surface area contributed by atoms with E-state index in [1.165, 1.54) is 28.0 Å². The molecule has 0 radical (unpaired) electrons. The Bertz CT molecular complexity index is 1100. The van der Waals surface area contributed by atoms with E-state index in [1.807, 2.05) is 24.3 Å². The zero-order chi connectivity index (χ0) is 21.3. The summed E-state index contributed by atoms with van der Waals surface area (Å²) in [5.74, 6) is 0.247. The van der Waals surface area contributed by atoms with E-state index in [4.69, 9.17) is 16.3 Å². The lowest BCUT2D eigenvalue weighted by Crippen LogP contribution is -2.31. The Kier molecular flexibility index (Phi) is 5.94. The van der Waals surface area contributed by atoms with Crippen molar-refractivity contribution in [3.8, 4) is 5.75 Å². The van der Waals surface area contributed by atoms with E-state index in [-0.39, 0.29) is 18.2 Å². The Morgan fingerprint density at radius 3 is 2.70 bits per heavy atom. The first-order chi connectivity index (χ1) is 14.5. The Balaban J connectivity index is 1.45. The lowest BCUT2D eigenvalue weighted by molar-refractivity contribution is -0.121. The quantitative estimate of drug-likeness (QED) is 0.534. The van der Waals surface area contributed by atoms with Crippen molar-refractivity contribution in [3.63, 3.8) is 0 Å². The van der Waals surface area contributed by atoms with Gasteiger partial charge >= 0.3 is 0 Å². The number of nitrogens with one attached hydrogen (secondary N) is 1. The molecular formula is C20H17ClN4O3S2. The summed E-state index contributed by atoms with van der Waals surface area (Å²) in [6.07, 6.45) is 0.107. The first-order valence-electron chi connectivity index (χ1n) is 8.99. The fourth-order valence-corrected chi connectivity index (χ4v) is 5.22. The van der Waals surface area contributed by atoms with Crippen molar-refractivity contribution in [2.24, 2.45) is 0 Å². The van der Waals surface area contributed by atoms with Gasteiger partial charge in [0.25, 0.3) is 0 Å². The second-order valence-corrected chi connectivity index (χ2v) is 9.32. The first kappa shape index (κ1) is 20.6. The topological polar surface area (TPSA) is 84.4 Å². The highest BCUT2D eigenvalue weighted by atomic mass is 35.5. The lowest BCUT2D eigenvalue weighted by atomic mass is 10.2. The largest absolute Gasteiger partial charge is 0.497 e. The molecule has 154 valence electrons. The Labute approximate surface area is 186 Å². The Morgan fingerprint density at radius 2 is 1.97 bits per heavy atom. The number of halogens is 1. The molecule has 0 aliphatic carbocycles. The van der Waals surface area contributed by atoms with Gasteiger partial charge in [0.15, 0.2) is 4.34 Å². The minimum Gasteiger partial charge on any atom is -0.497 e. The molecule has 30 heavy (non-hydrogen) atoms. The van der Waals surface area contributed by atoms with Gasteiger partial charge in [-0.1, -0.05) is 40.8 Å². The van der Waals surface area contributed by atoms with Crippen molar-refractivity contribution < 1.29 is 14.3 Å². The molecule has 2 aromatic carbocycles. The SMILES string of the molecule is COc1ccc(Nc2nnc(S[C@@H]3CC(=O)N(c4cccc(Cl)c4C)C3=O)s2)cc1. The second-order valence-electron chi connectivity index (χ2n) is 6.49. The number of benzene rings is 2. The van der Waals surface area contributed by atoms with Crippen LogP contribution in [0.3, 0.4) is 0 Å². The van der Waals surface area contributed by atoms with Crippen molar-refractivity contribution in [1.29, 1.82) is 0 Å². The average Bonchev–Trinajstić information content (AvgIpc) is 3.29. The highest BCUT2D eigenvalue weighted by Gasteiger charge is 2.41. The molecule has 2 heterocycles. The van der Waals surface area contributed by atoms with E-state index < -0.39 is 5.25 Å².